The lowest BCUT2D eigenvalue weighted by Crippen LogP contribution is -2.46. The van der Waals surface area contributed by atoms with E-state index in [9.17, 15) is 9.59 Å². The fourth-order valence-corrected chi connectivity index (χ4v) is 1.50. The van der Waals surface area contributed by atoms with Gasteiger partial charge in [0.25, 0.3) is 0 Å². The maximum absolute atomic E-state index is 11.5. The number of esters is 1. The summed E-state index contributed by atoms with van der Waals surface area (Å²) >= 11 is 0. The Kier molecular flexibility index (Phi) is 5.71. The Hall–Kier alpha value is -1.34. The molecule has 1 fully saturated rings. The SMILES string of the molecule is COC(=O)CC1CN(C(=O)OCCO)CCO1. The van der Waals surface area contributed by atoms with Gasteiger partial charge in [0, 0.05) is 6.54 Å². The minimum Gasteiger partial charge on any atom is -0.469 e. The predicted octanol–water partition coefficient (Wildman–Crippen LogP) is -0.621. The molecule has 0 aromatic rings. The summed E-state index contributed by atoms with van der Waals surface area (Å²) in [5.74, 6) is -0.374. The Morgan fingerprint density at radius 2 is 2.29 bits per heavy atom. The lowest BCUT2D eigenvalue weighted by atomic mass is 10.2. The Labute approximate surface area is 99.2 Å². The Bertz CT molecular complexity index is 270. The number of carbonyl (C=O) groups is 2. The van der Waals surface area contributed by atoms with E-state index in [2.05, 4.69) is 4.74 Å². The van der Waals surface area contributed by atoms with E-state index in [1.54, 1.807) is 0 Å². The summed E-state index contributed by atoms with van der Waals surface area (Å²) in [4.78, 5) is 24.0. The molecule has 7 nitrogen and oxygen atoms in total. The Balaban J connectivity index is 2.37. The largest absolute Gasteiger partial charge is 0.469 e. The molecule has 7 heteroatoms. The molecule has 98 valence electrons. The van der Waals surface area contributed by atoms with Gasteiger partial charge in [-0.1, -0.05) is 0 Å². The molecule has 0 saturated carbocycles. The molecule has 1 saturated heterocycles. The van der Waals surface area contributed by atoms with Gasteiger partial charge in [-0.3, -0.25) is 4.79 Å². The fourth-order valence-electron chi connectivity index (χ4n) is 1.50. The Morgan fingerprint density at radius 3 is 2.94 bits per heavy atom. The van der Waals surface area contributed by atoms with Crippen molar-refractivity contribution in [2.75, 3.05) is 40.0 Å². The van der Waals surface area contributed by atoms with Crippen molar-refractivity contribution in [3.8, 4) is 0 Å². The third-order valence-electron chi connectivity index (χ3n) is 2.34. The number of aliphatic hydroxyl groups is 1. The number of hydrogen-bond donors (Lipinski definition) is 1. The summed E-state index contributed by atoms with van der Waals surface area (Å²) in [6.07, 6.45) is -0.754. The first-order valence-electron chi connectivity index (χ1n) is 5.38. The molecule has 0 bridgehead atoms. The van der Waals surface area contributed by atoms with Gasteiger partial charge in [0.15, 0.2) is 0 Å². The second-order valence-electron chi connectivity index (χ2n) is 3.56. The zero-order chi connectivity index (χ0) is 12.7. The molecule has 0 aromatic heterocycles. The molecule has 1 heterocycles. The van der Waals surface area contributed by atoms with Crippen molar-refractivity contribution in [1.29, 1.82) is 0 Å². The Morgan fingerprint density at radius 1 is 1.53 bits per heavy atom. The predicted molar refractivity (Wildman–Crippen MR) is 56.4 cm³/mol. The lowest BCUT2D eigenvalue weighted by molar-refractivity contribution is -0.145. The molecule has 0 aromatic carbocycles. The van der Waals surface area contributed by atoms with Crippen molar-refractivity contribution in [2.24, 2.45) is 0 Å². The summed E-state index contributed by atoms with van der Waals surface area (Å²) in [6.45, 7) is 0.830. The second-order valence-corrected chi connectivity index (χ2v) is 3.56. The van der Waals surface area contributed by atoms with E-state index >= 15 is 0 Å². The highest BCUT2D eigenvalue weighted by molar-refractivity contribution is 5.70. The molecule has 1 amide bonds. The van der Waals surface area contributed by atoms with Crippen LogP contribution in [0.15, 0.2) is 0 Å². The molecule has 0 radical (unpaired) electrons. The molecule has 1 aliphatic rings. The van der Waals surface area contributed by atoms with Gasteiger partial charge in [-0.05, 0) is 0 Å². The molecule has 17 heavy (non-hydrogen) atoms. The lowest BCUT2D eigenvalue weighted by Gasteiger charge is -2.31. The standard InChI is InChI=1S/C10H17NO6/c1-15-9(13)6-8-7-11(2-4-16-8)10(14)17-5-3-12/h8,12H,2-7H2,1H3. The van der Waals surface area contributed by atoms with Crippen molar-refractivity contribution >= 4 is 12.1 Å². The van der Waals surface area contributed by atoms with Crippen molar-refractivity contribution in [1.82, 2.24) is 4.90 Å². The third-order valence-corrected chi connectivity index (χ3v) is 2.34. The van der Waals surface area contributed by atoms with E-state index in [1.807, 2.05) is 0 Å². The molecule has 0 spiro atoms. The van der Waals surface area contributed by atoms with Crippen LogP contribution in [-0.2, 0) is 19.0 Å². The quantitative estimate of drug-likeness (QED) is 0.666. The number of carbonyl (C=O) groups excluding carboxylic acids is 2. The number of morpholine rings is 1. The molecule has 1 unspecified atom stereocenters. The fraction of sp³-hybridized carbons (Fsp3) is 0.800. The number of methoxy groups -OCH3 is 1. The van der Waals surface area contributed by atoms with Gasteiger partial charge in [0.1, 0.15) is 6.61 Å². The van der Waals surface area contributed by atoms with Crippen LogP contribution >= 0.6 is 0 Å². The van der Waals surface area contributed by atoms with Crippen LogP contribution in [0, 0.1) is 0 Å². The van der Waals surface area contributed by atoms with Crippen LogP contribution in [0.5, 0.6) is 0 Å². The number of nitrogens with zero attached hydrogens (tertiary/aromatic N) is 1. The van der Waals surface area contributed by atoms with E-state index < -0.39 is 6.09 Å². The van der Waals surface area contributed by atoms with Gasteiger partial charge < -0.3 is 24.2 Å². The van der Waals surface area contributed by atoms with Crippen molar-refractivity contribution in [2.45, 2.75) is 12.5 Å². The monoisotopic (exact) mass is 247 g/mol. The third kappa shape index (κ3) is 4.58. The average Bonchev–Trinajstić information content (AvgIpc) is 2.36. The van der Waals surface area contributed by atoms with Crippen molar-refractivity contribution in [3.05, 3.63) is 0 Å². The molecular weight excluding hydrogens is 230 g/mol. The first-order valence-corrected chi connectivity index (χ1v) is 5.38. The molecular formula is C10H17NO6. The van der Waals surface area contributed by atoms with Gasteiger partial charge >= 0.3 is 12.1 Å². The van der Waals surface area contributed by atoms with Gasteiger partial charge in [0.05, 0.1) is 39.4 Å². The summed E-state index contributed by atoms with van der Waals surface area (Å²) in [7, 11) is 1.30. The molecule has 1 atom stereocenters. The van der Waals surface area contributed by atoms with Crippen molar-refractivity contribution < 1.29 is 28.9 Å². The summed E-state index contributed by atoms with van der Waals surface area (Å²) < 4.78 is 14.6. The van der Waals surface area contributed by atoms with Crippen LogP contribution < -0.4 is 0 Å². The number of amides is 1. The van der Waals surface area contributed by atoms with Crippen LogP contribution in [-0.4, -0.2) is 68.2 Å². The van der Waals surface area contributed by atoms with Crippen LogP contribution in [0.2, 0.25) is 0 Å². The number of hydrogen-bond acceptors (Lipinski definition) is 6. The van der Waals surface area contributed by atoms with Crippen molar-refractivity contribution in [3.63, 3.8) is 0 Å². The van der Waals surface area contributed by atoms with Gasteiger partial charge in [0.2, 0.25) is 0 Å². The topological polar surface area (TPSA) is 85.3 Å². The van der Waals surface area contributed by atoms with Gasteiger partial charge in [-0.15, -0.1) is 0 Å². The van der Waals surface area contributed by atoms with Crippen LogP contribution in [0.4, 0.5) is 4.79 Å². The number of ether oxygens (including phenoxy) is 3. The van der Waals surface area contributed by atoms with Gasteiger partial charge in [-0.25, -0.2) is 4.79 Å². The van der Waals surface area contributed by atoms with E-state index in [0.29, 0.717) is 19.7 Å². The normalized spacial score (nSPS) is 19.9. The minimum absolute atomic E-state index is 0.0299. The highest BCUT2D eigenvalue weighted by Crippen LogP contribution is 2.10. The summed E-state index contributed by atoms with van der Waals surface area (Å²) in [5, 5.41) is 8.53. The van der Waals surface area contributed by atoms with E-state index in [1.165, 1.54) is 12.0 Å². The van der Waals surface area contributed by atoms with Crippen LogP contribution in [0.25, 0.3) is 0 Å². The molecule has 0 aliphatic carbocycles. The first-order chi connectivity index (χ1) is 8.17. The highest BCUT2D eigenvalue weighted by atomic mass is 16.6. The van der Waals surface area contributed by atoms with E-state index in [-0.39, 0.29) is 31.7 Å². The molecule has 1 aliphatic heterocycles. The second kappa shape index (κ2) is 7.08. The highest BCUT2D eigenvalue weighted by Gasteiger charge is 2.26. The maximum Gasteiger partial charge on any atom is 0.410 e. The maximum atomic E-state index is 11.5. The van der Waals surface area contributed by atoms with Crippen LogP contribution in [0.1, 0.15) is 6.42 Å². The van der Waals surface area contributed by atoms with Crippen LogP contribution in [0.3, 0.4) is 0 Å². The summed E-state index contributed by atoms with van der Waals surface area (Å²) in [5.41, 5.74) is 0. The number of aliphatic hydroxyl groups excluding tert-OH is 1. The first kappa shape index (κ1) is 13.7. The minimum atomic E-state index is -0.503. The van der Waals surface area contributed by atoms with E-state index in [4.69, 9.17) is 14.6 Å². The van der Waals surface area contributed by atoms with E-state index in [0.717, 1.165) is 0 Å². The van der Waals surface area contributed by atoms with Gasteiger partial charge in [-0.2, -0.15) is 0 Å². The summed E-state index contributed by atoms with van der Waals surface area (Å²) in [6, 6.07) is 0. The number of rotatable bonds is 4. The smallest absolute Gasteiger partial charge is 0.410 e. The molecule has 1 rings (SSSR count). The zero-order valence-electron chi connectivity index (χ0n) is 9.76. The zero-order valence-corrected chi connectivity index (χ0v) is 9.76. The molecule has 1 N–H and O–H groups in total. The average molecular weight is 247 g/mol.